The topological polar surface area (TPSA) is 52.6 Å². The van der Waals surface area contributed by atoms with Crippen LogP contribution in [0.5, 0.6) is 0 Å². The van der Waals surface area contributed by atoms with Crippen LogP contribution in [0.15, 0.2) is 60.7 Å². The van der Waals surface area contributed by atoms with Gasteiger partial charge in [0.2, 0.25) is 0 Å². The number of carbonyl (C=O) groups is 2. The first kappa shape index (κ1) is 22.4. The summed E-state index contributed by atoms with van der Waals surface area (Å²) in [5, 5.41) is 0. The van der Waals surface area contributed by atoms with E-state index in [4.69, 9.17) is 9.47 Å². The Balaban J connectivity index is 1.22. The molecule has 3 aromatic carbocycles. The summed E-state index contributed by atoms with van der Waals surface area (Å²) in [5.41, 5.74) is 7.91. The van der Waals surface area contributed by atoms with Gasteiger partial charge in [0.1, 0.15) is 13.2 Å². The Kier molecular flexibility index (Phi) is 6.75. The zero-order valence-corrected chi connectivity index (χ0v) is 19.5. The molecule has 0 aromatic heterocycles. The lowest BCUT2D eigenvalue weighted by Crippen LogP contribution is -2.14. The smallest absolute Gasteiger partial charge is 0.339 e. The van der Waals surface area contributed by atoms with Gasteiger partial charge in [0.25, 0.3) is 0 Å². The summed E-state index contributed by atoms with van der Waals surface area (Å²) < 4.78 is 11.1. The van der Waals surface area contributed by atoms with Crippen molar-refractivity contribution in [1.82, 2.24) is 0 Å². The first-order valence-electron chi connectivity index (χ1n) is 12.3. The van der Waals surface area contributed by atoms with Gasteiger partial charge in [0.15, 0.2) is 0 Å². The molecule has 0 bridgehead atoms. The SMILES string of the molecule is O=C(OCc1ccc2c(c1)CCCC2)c1ccccc1C(=O)OCc1ccc2c(c1)CCCC2. The van der Waals surface area contributed by atoms with Crippen molar-refractivity contribution in [3.8, 4) is 0 Å². The highest BCUT2D eigenvalue weighted by Gasteiger charge is 2.20. The van der Waals surface area contributed by atoms with Gasteiger partial charge in [-0.2, -0.15) is 0 Å². The van der Waals surface area contributed by atoms with Crippen molar-refractivity contribution in [2.24, 2.45) is 0 Å². The molecule has 0 saturated heterocycles. The van der Waals surface area contributed by atoms with Crippen LogP contribution in [0.25, 0.3) is 0 Å². The third-order valence-corrected chi connectivity index (χ3v) is 6.93. The van der Waals surface area contributed by atoms with Crippen LogP contribution in [-0.4, -0.2) is 11.9 Å². The van der Waals surface area contributed by atoms with Crippen LogP contribution in [0.3, 0.4) is 0 Å². The minimum Gasteiger partial charge on any atom is -0.457 e. The molecule has 0 unspecified atom stereocenters. The first-order valence-corrected chi connectivity index (χ1v) is 12.3. The van der Waals surface area contributed by atoms with E-state index in [2.05, 4.69) is 24.3 Å². The van der Waals surface area contributed by atoms with E-state index in [0.29, 0.717) is 0 Å². The molecule has 0 heterocycles. The zero-order valence-electron chi connectivity index (χ0n) is 19.5. The Hall–Kier alpha value is -3.40. The second-order valence-corrected chi connectivity index (χ2v) is 9.32. The fraction of sp³-hybridized carbons (Fsp3) is 0.333. The zero-order chi connectivity index (χ0) is 23.3. The molecule has 0 radical (unpaired) electrons. The summed E-state index contributed by atoms with van der Waals surface area (Å²) in [6.07, 6.45) is 9.29. The minimum absolute atomic E-state index is 0.185. The van der Waals surface area contributed by atoms with Crippen molar-refractivity contribution < 1.29 is 19.1 Å². The Morgan fingerprint density at radius 1 is 0.559 bits per heavy atom. The number of hydrogen-bond acceptors (Lipinski definition) is 4. The number of aryl methyl sites for hydroxylation is 4. The summed E-state index contributed by atoms with van der Waals surface area (Å²) >= 11 is 0. The van der Waals surface area contributed by atoms with Crippen LogP contribution >= 0.6 is 0 Å². The molecule has 0 amide bonds. The van der Waals surface area contributed by atoms with Gasteiger partial charge in [-0.1, -0.05) is 48.5 Å². The summed E-state index contributed by atoms with van der Waals surface area (Å²) in [7, 11) is 0. The Bertz CT molecular complexity index is 1120. The van der Waals surface area contributed by atoms with Crippen LogP contribution in [0.2, 0.25) is 0 Å². The number of fused-ring (bicyclic) bond motifs is 2. The Labute approximate surface area is 200 Å². The van der Waals surface area contributed by atoms with Crippen LogP contribution in [0, 0.1) is 0 Å². The molecule has 4 nitrogen and oxygen atoms in total. The molecule has 174 valence electrons. The standard InChI is InChI=1S/C30H30O4/c31-29(33-19-21-13-15-23-7-1-3-9-25(23)17-21)27-11-5-6-12-28(27)30(32)34-20-22-14-16-24-8-2-4-10-26(24)18-22/h5-6,11-18H,1-4,7-10,19-20H2. The van der Waals surface area contributed by atoms with Gasteiger partial charge in [-0.25, -0.2) is 9.59 Å². The summed E-state index contributed by atoms with van der Waals surface area (Å²) in [6.45, 7) is 0.370. The third-order valence-electron chi connectivity index (χ3n) is 6.93. The van der Waals surface area contributed by atoms with E-state index in [1.54, 1.807) is 24.3 Å². The van der Waals surface area contributed by atoms with E-state index in [1.807, 2.05) is 12.1 Å². The average Bonchev–Trinajstić information content (AvgIpc) is 2.90. The summed E-state index contributed by atoms with van der Waals surface area (Å²) in [4.78, 5) is 25.7. The van der Waals surface area contributed by atoms with Crippen LogP contribution in [0.1, 0.15) is 79.8 Å². The van der Waals surface area contributed by atoms with E-state index in [0.717, 1.165) is 36.8 Å². The maximum atomic E-state index is 12.8. The van der Waals surface area contributed by atoms with Gasteiger partial charge in [0.05, 0.1) is 11.1 Å². The predicted molar refractivity (Wildman–Crippen MR) is 131 cm³/mol. The van der Waals surface area contributed by atoms with E-state index in [9.17, 15) is 9.59 Å². The van der Waals surface area contributed by atoms with Gasteiger partial charge in [0, 0.05) is 0 Å². The minimum atomic E-state index is -0.515. The molecule has 5 rings (SSSR count). The molecule has 0 spiro atoms. The van der Waals surface area contributed by atoms with Gasteiger partial charge in [-0.3, -0.25) is 0 Å². The molecule has 2 aliphatic carbocycles. The maximum Gasteiger partial charge on any atom is 0.339 e. The second kappa shape index (κ2) is 10.3. The highest BCUT2D eigenvalue weighted by molar-refractivity contribution is 6.03. The predicted octanol–water partition coefficient (Wildman–Crippen LogP) is 6.16. The number of rotatable bonds is 6. The van der Waals surface area contributed by atoms with E-state index < -0.39 is 11.9 Å². The molecule has 0 saturated carbocycles. The van der Waals surface area contributed by atoms with Gasteiger partial charge in [-0.15, -0.1) is 0 Å². The lowest BCUT2D eigenvalue weighted by Gasteiger charge is -2.17. The second-order valence-electron chi connectivity index (χ2n) is 9.32. The molecular formula is C30H30O4. The van der Waals surface area contributed by atoms with Gasteiger partial charge in [-0.05, 0) is 96.9 Å². The molecule has 3 aromatic rings. The van der Waals surface area contributed by atoms with Crippen LogP contribution in [0.4, 0.5) is 0 Å². The number of benzene rings is 3. The fourth-order valence-corrected chi connectivity index (χ4v) is 5.05. The molecule has 34 heavy (non-hydrogen) atoms. The van der Waals surface area contributed by atoms with E-state index in [-0.39, 0.29) is 24.3 Å². The summed E-state index contributed by atoms with van der Waals surface area (Å²) in [5.74, 6) is -1.03. The fourth-order valence-electron chi connectivity index (χ4n) is 5.05. The summed E-state index contributed by atoms with van der Waals surface area (Å²) in [6, 6.07) is 19.3. The quantitative estimate of drug-likeness (QED) is 0.419. The van der Waals surface area contributed by atoms with Crippen molar-refractivity contribution >= 4 is 11.9 Å². The molecule has 0 N–H and O–H groups in total. The Morgan fingerprint density at radius 3 is 1.41 bits per heavy atom. The molecule has 4 heteroatoms. The first-order chi connectivity index (χ1) is 16.7. The third kappa shape index (κ3) is 5.06. The maximum absolute atomic E-state index is 12.8. The molecular weight excluding hydrogens is 424 g/mol. The van der Waals surface area contributed by atoms with Gasteiger partial charge < -0.3 is 9.47 Å². The van der Waals surface area contributed by atoms with E-state index in [1.165, 1.54) is 47.9 Å². The molecule has 0 fully saturated rings. The van der Waals surface area contributed by atoms with Gasteiger partial charge >= 0.3 is 11.9 Å². The molecule has 0 atom stereocenters. The lowest BCUT2D eigenvalue weighted by atomic mass is 9.90. The molecule has 2 aliphatic rings. The van der Waals surface area contributed by atoms with Crippen LogP contribution in [-0.2, 0) is 48.4 Å². The number of carbonyl (C=O) groups excluding carboxylic acids is 2. The van der Waals surface area contributed by atoms with Crippen molar-refractivity contribution in [1.29, 1.82) is 0 Å². The van der Waals surface area contributed by atoms with Crippen LogP contribution < -0.4 is 0 Å². The van der Waals surface area contributed by atoms with Crippen molar-refractivity contribution in [3.05, 3.63) is 105 Å². The van der Waals surface area contributed by atoms with E-state index >= 15 is 0 Å². The number of ether oxygens (including phenoxy) is 2. The largest absolute Gasteiger partial charge is 0.457 e. The normalized spacial score (nSPS) is 14.6. The number of esters is 2. The highest BCUT2D eigenvalue weighted by atomic mass is 16.5. The Morgan fingerprint density at radius 2 is 0.971 bits per heavy atom. The highest BCUT2D eigenvalue weighted by Crippen LogP contribution is 2.24. The monoisotopic (exact) mass is 454 g/mol. The van der Waals surface area contributed by atoms with Crippen molar-refractivity contribution in [2.75, 3.05) is 0 Å². The molecule has 0 aliphatic heterocycles. The van der Waals surface area contributed by atoms with Crippen molar-refractivity contribution in [3.63, 3.8) is 0 Å². The number of hydrogen-bond donors (Lipinski definition) is 0. The average molecular weight is 455 g/mol. The van der Waals surface area contributed by atoms with Crippen molar-refractivity contribution in [2.45, 2.75) is 64.6 Å². The lowest BCUT2D eigenvalue weighted by molar-refractivity contribution is 0.0425.